The van der Waals surface area contributed by atoms with E-state index in [2.05, 4.69) is 10.2 Å². The molecule has 2 aromatic heterocycles. The molecule has 0 spiro atoms. The van der Waals surface area contributed by atoms with Crippen molar-refractivity contribution in [3.63, 3.8) is 0 Å². The summed E-state index contributed by atoms with van der Waals surface area (Å²) in [7, 11) is 1.75. The molecule has 0 saturated carbocycles. The lowest BCUT2D eigenvalue weighted by Crippen LogP contribution is -2.49. The maximum Gasteiger partial charge on any atom is 0.277 e. The Bertz CT molecular complexity index is 1110. The molecule has 2 heterocycles. The molecule has 0 aliphatic heterocycles. The van der Waals surface area contributed by atoms with Crippen molar-refractivity contribution < 1.29 is 18.7 Å². The normalized spacial score (nSPS) is 11.5. The van der Waals surface area contributed by atoms with Gasteiger partial charge in [0.05, 0.1) is 25.5 Å². The zero-order chi connectivity index (χ0) is 21.9. The average Bonchev–Trinajstić information content (AvgIpc) is 3.14. The number of nitrogens with two attached hydrogens (primary N) is 1. The van der Waals surface area contributed by atoms with E-state index < -0.39 is 25.1 Å². The maximum absolute atomic E-state index is 13.6. The summed E-state index contributed by atoms with van der Waals surface area (Å²) in [5, 5.41) is 19.7. The standard InChI is InChI=1S/C19H20F2N6O3/c1-25-10-15(9-23-25)27-6-5-17(28)16(24-27)8-13-3-2-4-14(7-13)26(18(29)30)12-19(20,21)11-22/h2-7,9-10H,8,11-12,22H2,1H3,(H,29,30)/p-1. The number of hydrogen-bond donors (Lipinski definition) is 1. The Morgan fingerprint density at radius 1 is 1.33 bits per heavy atom. The van der Waals surface area contributed by atoms with E-state index in [1.54, 1.807) is 30.2 Å². The zero-order valence-electron chi connectivity index (χ0n) is 16.0. The molecule has 11 heteroatoms. The van der Waals surface area contributed by atoms with Gasteiger partial charge < -0.3 is 20.5 Å². The number of alkyl halides is 2. The van der Waals surface area contributed by atoms with Gasteiger partial charge in [0.15, 0.2) is 0 Å². The molecule has 0 aliphatic carbocycles. The lowest BCUT2D eigenvalue weighted by Gasteiger charge is -2.29. The summed E-state index contributed by atoms with van der Waals surface area (Å²) in [4.78, 5) is 24.0. The highest BCUT2D eigenvalue weighted by molar-refractivity contribution is 5.84. The molecule has 1 aromatic carbocycles. The molecule has 3 rings (SSSR count). The summed E-state index contributed by atoms with van der Waals surface area (Å²) in [6, 6.07) is 7.25. The lowest BCUT2D eigenvalue weighted by atomic mass is 10.1. The molecular weight excluding hydrogens is 398 g/mol. The number of carbonyl (C=O) groups is 1. The quantitative estimate of drug-likeness (QED) is 0.590. The van der Waals surface area contributed by atoms with Crippen LogP contribution in [0, 0.1) is 0 Å². The number of carbonyl (C=O) groups excluding carboxylic acids is 1. The summed E-state index contributed by atoms with van der Waals surface area (Å²) < 4.78 is 30.4. The van der Waals surface area contributed by atoms with Crippen LogP contribution in [-0.4, -0.2) is 44.7 Å². The van der Waals surface area contributed by atoms with Gasteiger partial charge in [-0.2, -0.15) is 10.2 Å². The molecule has 158 valence electrons. The number of anilines is 1. The van der Waals surface area contributed by atoms with Gasteiger partial charge >= 0.3 is 0 Å². The van der Waals surface area contributed by atoms with E-state index in [0.29, 0.717) is 16.2 Å². The van der Waals surface area contributed by atoms with Crippen LogP contribution < -0.4 is 21.2 Å². The van der Waals surface area contributed by atoms with Crippen molar-refractivity contribution in [2.75, 3.05) is 18.0 Å². The average molecular weight is 417 g/mol. The van der Waals surface area contributed by atoms with Gasteiger partial charge in [-0.05, 0) is 17.7 Å². The van der Waals surface area contributed by atoms with Gasteiger partial charge in [-0.25, -0.2) is 13.5 Å². The van der Waals surface area contributed by atoms with Crippen molar-refractivity contribution in [3.8, 4) is 5.69 Å². The third-order valence-corrected chi connectivity index (χ3v) is 4.34. The van der Waals surface area contributed by atoms with Gasteiger partial charge in [-0.3, -0.25) is 9.48 Å². The first-order valence-corrected chi connectivity index (χ1v) is 8.92. The molecule has 0 radical (unpaired) electrons. The maximum atomic E-state index is 13.6. The Hall–Kier alpha value is -3.60. The molecule has 1 amide bonds. The van der Waals surface area contributed by atoms with Crippen molar-refractivity contribution >= 4 is 11.8 Å². The Morgan fingerprint density at radius 2 is 2.10 bits per heavy atom. The fraction of sp³-hybridized carbons (Fsp3) is 0.263. The van der Waals surface area contributed by atoms with E-state index in [9.17, 15) is 23.5 Å². The van der Waals surface area contributed by atoms with Crippen LogP contribution in [0.5, 0.6) is 0 Å². The van der Waals surface area contributed by atoms with E-state index in [-0.39, 0.29) is 23.2 Å². The van der Waals surface area contributed by atoms with Gasteiger partial charge in [-0.1, -0.05) is 12.1 Å². The van der Waals surface area contributed by atoms with Crippen LogP contribution in [0.2, 0.25) is 0 Å². The van der Waals surface area contributed by atoms with Crippen LogP contribution in [0.4, 0.5) is 19.3 Å². The number of rotatable bonds is 7. The SMILES string of the molecule is Cn1cc(-n2ccc(=O)c(Cc3cccc(N(CC(F)(F)CN)C(=O)[O-])c3)n2)cn1. The van der Waals surface area contributed by atoms with Crippen LogP contribution in [0.3, 0.4) is 0 Å². The fourth-order valence-electron chi connectivity index (χ4n) is 2.82. The number of aryl methyl sites for hydroxylation is 1. The molecule has 30 heavy (non-hydrogen) atoms. The molecule has 0 saturated heterocycles. The third-order valence-electron chi connectivity index (χ3n) is 4.34. The number of halogens is 2. The highest BCUT2D eigenvalue weighted by Crippen LogP contribution is 2.22. The minimum atomic E-state index is -3.41. The third kappa shape index (κ3) is 4.87. The lowest BCUT2D eigenvalue weighted by molar-refractivity contribution is -0.247. The number of carboxylic acid groups (broad SMARTS) is 1. The van der Waals surface area contributed by atoms with Crippen LogP contribution in [0.1, 0.15) is 11.3 Å². The molecule has 0 bridgehead atoms. The topological polar surface area (TPSA) is 122 Å². The number of amides is 1. The van der Waals surface area contributed by atoms with E-state index in [4.69, 9.17) is 5.73 Å². The zero-order valence-corrected chi connectivity index (χ0v) is 16.0. The minimum Gasteiger partial charge on any atom is -0.530 e. The summed E-state index contributed by atoms with van der Waals surface area (Å²) in [5.74, 6) is -3.41. The van der Waals surface area contributed by atoms with Gasteiger partial charge in [-0.15, -0.1) is 0 Å². The van der Waals surface area contributed by atoms with Gasteiger partial charge in [0, 0.05) is 31.4 Å². The largest absolute Gasteiger partial charge is 0.530 e. The van der Waals surface area contributed by atoms with E-state index in [1.165, 1.54) is 35.1 Å². The Morgan fingerprint density at radius 3 is 2.73 bits per heavy atom. The monoisotopic (exact) mass is 417 g/mol. The number of benzene rings is 1. The molecule has 2 N–H and O–H groups in total. The van der Waals surface area contributed by atoms with E-state index in [0.717, 1.165) is 0 Å². The highest BCUT2D eigenvalue weighted by atomic mass is 19.3. The Labute approximate surface area is 170 Å². The Balaban J connectivity index is 1.89. The van der Waals surface area contributed by atoms with Crippen LogP contribution in [0.15, 0.2) is 53.7 Å². The van der Waals surface area contributed by atoms with Gasteiger partial charge in [0.1, 0.15) is 17.5 Å². The van der Waals surface area contributed by atoms with E-state index >= 15 is 0 Å². The highest BCUT2D eigenvalue weighted by Gasteiger charge is 2.30. The fourth-order valence-corrected chi connectivity index (χ4v) is 2.82. The first-order valence-electron chi connectivity index (χ1n) is 8.92. The predicted octanol–water partition coefficient (Wildman–Crippen LogP) is 0.300. The predicted molar refractivity (Wildman–Crippen MR) is 103 cm³/mol. The van der Waals surface area contributed by atoms with Crippen molar-refractivity contribution in [1.82, 2.24) is 19.6 Å². The van der Waals surface area contributed by atoms with Crippen LogP contribution >= 0.6 is 0 Å². The van der Waals surface area contributed by atoms with Crippen LogP contribution in [-0.2, 0) is 13.5 Å². The molecule has 0 fully saturated rings. The summed E-state index contributed by atoms with van der Waals surface area (Å²) >= 11 is 0. The number of hydrogen-bond acceptors (Lipinski definition) is 6. The van der Waals surface area contributed by atoms with Gasteiger partial charge in [0.2, 0.25) is 5.43 Å². The van der Waals surface area contributed by atoms with Crippen molar-refractivity contribution in [3.05, 3.63) is 70.4 Å². The first kappa shape index (κ1) is 21.1. The minimum absolute atomic E-state index is 0.0101. The first-order chi connectivity index (χ1) is 14.2. The molecule has 0 aliphatic rings. The smallest absolute Gasteiger partial charge is 0.277 e. The second kappa shape index (κ2) is 8.41. The van der Waals surface area contributed by atoms with Crippen molar-refractivity contribution in [2.45, 2.75) is 12.3 Å². The number of aromatic nitrogens is 4. The van der Waals surface area contributed by atoms with Gasteiger partial charge in [0.25, 0.3) is 5.92 Å². The van der Waals surface area contributed by atoms with E-state index in [1.807, 2.05) is 0 Å². The van der Waals surface area contributed by atoms with Crippen molar-refractivity contribution in [2.24, 2.45) is 12.8 Å². The van der Waals surface area contributed by atoms with Crippen LogP contribution in [0.25, 0.3) is 5.69 Å². The molecular formula is C19H19F2N6O3-. The molecule has 3 aromatic rings. The molecule has 0 unspecified atom stereocenters. The Kier molecular flexibility index (Phi) is 5.92. The summed E-state index contributed by atoms with van der Waals surface area (Å²) in [6.07, 6.45) is 3.10. The second-order valence-corrected chi connectivity index (χ2v) is 6.70. The molecule has 9 nitrogen and oxygen atoms in total. The second-order valence-electron chi connectivity index (χ2n) is 6.70. The van der Waals surface area contributed by atoms with Crippen molar-refractivity contribution in [1.29, 1.82) is 0 Å². The molecule has 0 atom stereocenters. The summed E-state index contributed by atoms with van der Waals surface area (Å²) in [6.45, 7) is -2.13. The number of nitrogens with zero attached hydrogens (tertiary/aromatic N) is 5. The summed E-state index contributed by atoms with van der Waals surface area (Å²) in [5.41, 5.74) is 6.05.